The number of thiophene rings is 1. The van der Waals surface area contributed by atoms with E-state index in [1.54, 1.807) is 11.3 Å². The molecule has 5 heteroatoms. The molecule has 0 aliphatic carbocycles. The monoisotopic (exact) mass is 337 g/mol. The van der Waals surface area contributed by atoms with E-state index in [4.69, 9.17) is 4.74 Å². The average molecular weight is 338 g/mol. The zero-order chi connectivity index (χ0) is 13.4. The smallest absolute Gasteiger partial charge is 0.339 e. The number of ether oxygens (including phenoxy) is 1. The van der Waals surface area contributed by atoms with Gasteiger partial charge in [0.1, 0.15) is 0 Å². The summed E-state index contributed by atoms with van der Waals surface area (Å²) in [4.78, 5) is 13.0. The predicted molar refractivity (Wildman–Crippen MR) is 81.0 cm³/mol. The summed E-state index contributed by atoms with van der Waals surface area (Å²) in [6, 6.07) is 6.01. The highest BCUT2D eigenvalue weighted by atomic mass is 79.9. The SMILES string of the molecule is COC(=O)c1cc2c(cc1Br)NCCc1ccsc1-2. The lowest BCUT2D eigenvalue weighted by atomic mass is 10.0. The standard InChI is InChI=1S/C14H12BrNO2S/c1-18-14(17)9-6-10-12(7-11(9)15)16-4-2-8-3-5-19-13(8)10/h3,5-7,16H,2,4H2,1H3. The second kappa shape index (κ2) is 4.98. The molecule has 0 radical (unpaired) electrons. The molecule has 1 aromatic heterocycles. The minimum atomic E-state index is -0.322. The van der Waals surface area contributed by atoms with Gasteiger partial charge >= 0.3 is 5.97 Å². The van der Waals surface area contributed by atoms with E-state index < -0.39 is 0 Å². The Kier molecular flexibility index (Phi) is 3.33. The average Bonchev–Trinajstić information content (AvgIpc) is 2.80. The Bertz CT molecular complexity index is 651. The molecule has 2 heterocycles. The number of fused-ring (bicyclic) bond motifs is 3. The number of carbonyl (C=O) groups excluding carboxylic acids is 1. The van der Waals surface area contributed by atoms with Crippen LogP contribution in [0.3, 0.4) is 0 Å². The Morgan fingerprint density at radius 1 is 1.47 bits per heavy atom. The Hall–Kier alpha value is -1.33. The third-order valence-electron chi connectivity index (χ3n) is 3.21. The quantitative estimate of drug-likeness (QED) is 0.801. The summed E-state index contributed by atoms with van der Waals surface area (Å²) in [7, 11) is 1.40. The van der Waals surface area contributed by atoms with Crippen molar-refractivity contribution in [1.29, 1.82) is 0 Å². The Labute approximate surface area is 123 Å². The Balaban J connectivity index is 2.21. The van der Waals surface area contributed by atoms with E-state index in [1.165, 1.54) is 17.6 Å². The lowest BCUT2D eigenvalue weighted by Gasteiger charge is -2.11. The lowest BCUT2D eigenvalue weighted by Crippen LogP contribution is -2.05. The molecule has 0 bridgehead atoms. The number of benzene rings is 1. The van der Waals surface area contributed by atoms with Gasteiger partial charge in [0.15, 0.2) is 0 Å². The van der Waals surface area contributed by atoms with Crippen molar-refractivity contribution in [2.75, 3.05) is 19.0 Å². The van der Waals surface area contributed by atoms with E-state index in [9.17, 15) is 4.79 Å². The van der Waals surface area contributed by atoms with Crippen LogP contribution < -0.4 is 5.32 Å². The first-order chi connectivity index (χ1) is 9.20. The summed E-state index contributed by atoms with van der Waals surface area (Å²) < 4.78 is 5.58. The minimum absolute atomic E-state index is 0.322. The summed E-state index contributed by atoms with van der Waals surface area (Å²) >= 11 is 5.14. The first kappa shape index (κ1) is 12.7. The van der Waals surface area contributed by atoms with Gasteiger partial charge in [0, 0.05) is 27.1 Å². The number of rotatable bonds is 1. The molecule has 0 amide bonds. The summed E-state index contributed by atoms with van der Waals surface area (Å²) in [5, 5.41) is 5.50. The van der Waals surface area contributed by atoms with Gasteiger partial charge in [0.2, 0.25) is 0 Å². The van der Waals surface area contributed by atoms with Gasteiger partial charge in [-0.1, -0.05) is 0 Å². The third kappa shape index (κ3) is 2.17. The largest absolute Gasteiger partial charge is 0.465 e. The molecule has 0 unspecified atom stereocenters. The van der Waals surface area contributed by atoms with E-state index in [2.05, 4.69) is 32.7 Å². The Morgan fingerprint density at radius 3 is 3.11 bits per heavy atom. The molecular formula is C14H12BrNO2S. The highest BCUT2D eigenvalue weighted by Gasteiger charge is 2.20. The highest BCUT2D eigenvalue weighted by molar-refractivity contribution is 9.10. The first-order valence-electron chi connectivity index (χ1n) is 5.93. The van der Waals surface area contributed by atoms with Crippen LogP contribution in [-0.2, 0) is 11.2 Å². The summed E-state index contributed by atoms with van der Waals surface area (Å²) in [6.07, 6.45) is 0.999. The van der Waals surface area contributed by atoms with Gasteiger partial charge in [-0.25, -0.2) is 4.79 Å². The van der Waals surface area contributed by atoms with E-state index in [0.29, 0.717) is 5.56 Å². The number of methoxy groups -OCH3 is 1. The van der Waals surface area contributed by atoms with Crippen LogP contribution in [0.2, 0.25) is 0 Å². The number of halogens is 1. The number of carbonyl (C=O) groups is 1. The maximum absolute atomic E-state index is 11.8. The second-order valence-electron chi connectivity index (χ2n) is 4.32. The van der Waals surface area contributed by atoms with Crippen LogP contribution >= 0.6 is 27.3 Å². The molecule has 0 saturated carbocycles. The van der Waals surface area contributed by atoms with Crippen LogP contribution in [0.15, 0.2) is 28.1 Å². The molecule has 0 saturated heterocycles. The van der Waals surface area contributed by atoms with Crippen molar-refractivity contribution in [2.24, 2.45) is 0 Å². The number of hydrogen-bond acceptors (Lipinski definition) is 4. The number of esters is 1. The number of anilines is 1. The Morgan fingerprint density at radius 2 is 2.32 bits per heavy atom. The molecule has 1 N–H and O–H groups in total. The highest BCUT2D eigenvalue weighted by Crippen LogP contribution is 2.40. The van der Waals surface area contributed by atoms with Gasteiger partial charge in [0.25, 0.3) is 0 Å². The fourth-order valence-electron chi connectivity index (χ4n) is 2.27. The molecule has 2 aromatic rings. The van der Waals surface area contributed by atoms with Gasteiger partial charge < -0.3 is 10.1 Å². The van der Waals surface area contributed by atoms with E-state index >= 15 is 0 Å². The van der Waals surface area contributed by atoms with Crippen LogP contribution in [0.5, 0.6) is 0 Å². The molecule has 0 fully saturated rings. The summed E-state index contributed by atoms with van der Waals surface area (Å²) in [6.45, 7) is 0.904. The zero-order valence-corrected chi connectivity index (χ0v) is 12.7. The van der Waals surface area contributed by atoms with Crippen molar-refractivity contribution >= 4 is 38.9 Å². The van der Waals surface area contributed by atoms with E-state index in [0.717, 1.165) is 28.7 Å². The predicted octanol–water partition coefficient (Wildman–Crippen LogP) is 3.93. The second-order valence-corrected chi connectivity index (χ2v) is 6.09. The van der Waals surface area contributed by atoms with Crippen molar-refractivity contribution < 1.29 is 9.53 Å². The zero-order valence-electron chi connectivity index (χ0n) is 10.3. The molecule has 0 spiro atoms. The van der Waals surface area contributed by atoms with Gasteiger partial charge in [-0.15, -0.1) is 11.3 Å². The molecule has 98 valence electrons. The van der Waals surface area contributed by atoms with Gasteiger partial charge in [-0.05, 0) is 51.5 Å². The maximum Gasteiger partial charge on any atom is 0.339 e. The van der Waals surface area contributed by atoms with Gasteiger partial charge in [0.05, 0.1) is 12.7 Å². The van der Waals surface area contributed by atoms with Crippen molar-refractivity contribution in [3.8, 4) is 10.4 Å². The van der Waals surface area contributed by atoms with Crippen molar-refractivity contribution in [2.45, 2.75) is 6.42 Å². The van der Waals surface area contributed by atoms with Crippen LogP contribution in [0.1, 0.15) is 15.9 Å². The fraction of sp³-hybridized carbons (Fsp3) is 0.214. The molecule has 0 atom stereocenters. The summed E-state index contributed by atoms with van der Waals surface area (Å²) in [5.41, 5.74) is 4.02. The molecule has 1 aliphatic rings. The fourth-order valence-corrected chi connectivity index (χ4v) is 3.77. The maximum atomic E-state index is 11.8. The van der Waals surface area contributed by atoms with Crippen LogP contribution in [0.25, 0.3) is 10.4 Å². The van der Waals surface area contributed by atoms with Crippen molar-refractivity contribution in [1.82, 2.24) is 0 Å². The van der Waals surface area contributed by atoms with Crippen molar-refractivity contribution in [3.05, 3.63) is 39.2 Å². The van der Waals surface area contributed by atoms with Gasteiger partial charge in [-0.2, -0.15) is 0 Å². The molecule has 1 aliphatic heterocycles. The first-order valence-corrected chi connectivity index (χ1v) is 7.60. The van der Waals surface area contributed by atoms with Crippen LogP contribution in [0.4, 0.5) is 5.69 Å². The van der Waals surface area contributed by atoms with Crippen LogP contribution in [0, 0.1) is 0 Å². The molecule has 3 rings (SSSR count). The van der Waals surface area contributed by atoms with Crippen molar-refractivity contribution in [3.63, 3.8) is 0 Å². The summed E-state index contributed by atoms with van der Waals surface area (Å²) in [5.74, 6) is -0.322. The van der Waals surface area contributed by atoms with Gasteiger partial charge in [-0.3, -0.25) is 0 Å². The molecular weight excluding hydrogens is 326 g/mol. The van der Waals surface area contributed by atoms with E-state index in [1.807, 2.05) is 12.1 Å². The molecule has 3 nitrogen and oxygen atoms in total. The van der Waals surface area contributed by atoms with Crippen LogP contribution in [-0.4, -0.2) is 19.6 Å². The molecule has 1 aromatic carbocycles. The number of hydrogen-bond donors (Lipinski definition) is 1. The third-order valence-corrected chi connectivity index (χ3v) is 4.86. The normalized spacial score (nSPS) is 12.9. The lowest BCUT2D eigenvalue weighted by molar-refractivity contribution is 0.0600. The van der Waals surface area contributed by atoms with E-state index in [-0.39, 0.29) is 5.97 Å². The molecule has 19 heavy (non-hydrogen) atoms. The number of nitrogens with one attached hydrogen (secondary N) is 1. The topological polar surface area (TPSA) is 38.3 Å². The minimum Gasteiger partial charge on any atom is -0.465 e.